The molecule has 354 valence electrons. The van der Waals surface area contributed by atoms with Gasteiger partial charge < -0.3 is 33.9 Å². The van der Waals surface area contributed by atoms with E-state index in [1.54, 1.807) is 54.9 Å². The number of phosphoric ester groups is 1. The average Bonchev–Trinajstić information content (AvgIpc) is 3.88. The molecule has 5 rings (SSSR count). The number of ether oxygens (including phenoxy) is 5. The van der Waals surface area contributed by atoms with Crippen LogP contribution in [-0.2, 0) is 32.6 Å². The van der Waals surface area contributed by atoms with Gasteiger partial charge in [-0.05, 0) is 44.5 Å². The number of para-hydroxylation sites is 1. The van der Waals surface area contributed by atoms with Crippen molar-refractivity contribution in [1.29, 1.82) is 10.5 Å². The zero-order valence-electron chi connectivity index (χ0n) is 38.0. The Balaban J connectivity index is 1.18. The number of unbranched alkanes of at least 4 members (excludes halogenated alkanes) is 15. The highest BCUT2D eigenvalue weighted by Gasteiger charge is 2.49. The van der Waals surface area contributed by atoms with Crippen molar-refractivity contribution in [2.24, 2.45) is 0 Å². The molecular formula is C47H65ClN7O9P. The number of nitrogens with zero attached hydrogens (tertiary/aromatic N) is 6. The number of benzene rings is 1. The smallest absolute Gasteiger partial charge is 0.484 e. The van der Waals surface area contributed by atoms with E-state index in [4.69, 9.17) is 54.6 Å². The van der Waals surface area contributed by atoms with E-state index >= 15 is 0 Å². The molecule has 1 aromatic carbocycles. The summed E-state index contributed by atoms with van der Waals surface area (Å²) in [7, 11) is -4.61. The van der Waals surface area contributed by atoms with Crippen LogP contribution in [0.5, 0.6) is 11.5 Å². The van der Waals surface area contributed by atoms with Gasteiger partial charge >= 0.3 is 7.82 Å². The highest BCUT2D eigenvalue weighted by molar-refractivity contribution is 7.48. The zero-order valence-corrected chi connectivity index (χ0v) is 39.6. The Morgan fingerprint density at radius 3 is 2.20 bits per heavy atom. The van der Waals surface area contributed by atoms with Gasteiger partial charge in [-0.2, -0.15) is 15.6 Å². The van der Waals surface area contributed by atoms with Crippen molar-refractivity contribution in [2.75, 3.05) is 32.2 Å². The second-order valence-corrected chi connectivity index (χ2v) is 18.7. The number of nitriles is 2. The number of halogens is 1. The molecule has 0 saturated carbocycles. The molecule has 3 aromatic heterocycles. The molecule has 18 heteroatoms. The molecule has 4 aromatic rings. The molecular weight excluding hydrogens is 873 g/mol. The maximum atomic E-state index is 14.7. The SMILES string of the molecule is CCCCCCCCCCCCCCCCCCOC[C@H](COP(=O)(OC[C@@H](OC#N)[C@H]1OC(C)(C)O[C@H]1c1ccc2c(N)ncnn12)Oc1ccccc1Cl)Oc1cncc(C#N)c1. The molecule has 1 aliphatic rings. The number of aromatic nitrogens is 4. The van der Waals surface area contributed by atoms with Crippen molar-refractivity contribution in [1.82, 2.24) is 19.6 Å². The number of pyridine rings is 1. The molecule has 1 saturated heterocycles. The van der Waals surface area contributed by atoms with Gasteiger partial charge in [0.05, 0.1) is 35.7 Å². The van der Waals surface area contributed by atoms with E-state index in [1.165, 1.54) is 114 Å². The zero-order chi connectivity index (χ0) is 46.3. The van der Waals surface area contributed by atoms with Crippen molar-refractivity contribution in [2.45, 2.75) is 154 Å². The van der Waals surface area contributed by atoms with Crippen molar-refractivity contribution in [3.8, 4) is 23.8 Å². The van der Waals surface area contributed by atoms with E-state index in [0.29, 0.717) is 23.4 Å². The van der Waals surface area contributed by atoms with E-state index in [1.807, 2.05) is 0 Å². The largest absolute Gasteiger partial charge is 0.530 e. The summed E-state index contributed by atoms with van der Waals surface area (Å²) >= 11 is 6.44. The van der Waals surface area contributed by atoms with Crippen LogP contribution >= 0.6 is 19.4 Å². The van der Waals surface area contributed by atoms with Crippen molar-refractivity contribution >= 4 is 30.8 Å². The Morgan fingerprint density at radius 1 is 0.877 bits per heavy atom. The highest BCUT2D eigenvalue weighted by Crippen LogP contribution is 2.52. The van der Waals surface area contributed by atoms with E-state index in [9.17, 15) is 15.1 Å². The third-order valence-corrected chi connectivity index (χ3v) is 12.6. The lowest BCUT2D eigenvalue weighted by Gasteiger charge is -2.27. The first-order valence-electron chi connectivity index (χ1n) is 23.0. The summed E-state index contributed by atoms with van der Waals surface area (Å²) in [6.07, 6.45) is 22.3. The summed E-state index contributed by atoms with van der Waals surface area (Å²) < 4.78 is 64.4. The molecule has 1 fully saturated rings. The number of phosphoric acid groups is 1. The minimum Gasteiger partial charge on any atom is -0.484 e. The third-order valence-electron chi connectivity index (χ3n) is 11.0. The number of nitrogen functional groups attached to an aromatic ring is 1. The van der Waals surface area contributed by atoms with Gasteiger partial charge in [-0.25, -0.2) is 14.1 Å². The van der Waals surface area contributed by atoms with Crippen LogP contribution < -0.4 is 15.0 Å². The van der Waals surface area contributed by atoms with Crippen LogP contribution in [0, 0.1) is 22.8 Å². The Morgan fingerprint density at radius 2 is 1.54 bits per heavy atom. The summed E-state index contributed by atoms with van der Waals surface area (Å²) in [5.41, 5.74) is 7.46. The molecule has 2 N–H and O–H groups in total. The highest BCUT2D eigenvalue weighted by atomic mass is 35.5. The fraction of sp³-hybridized carbons (Fsp3) is 0.596. The van der Waals surface area contributed by atoms with E-state index < -0.39 is 44.6 Å². The van der Waals surface area contributed by atoms with Crippen LogP contribution in [-0.4, -0.2) is 70.1 Å². The molecule has 5 atom stereocenters. The molecule has 65 heavy (non-hydrogen) atoms. The van der Waals surface area contributed by atoms with E-state index in [-0.39, 0.29) is 35.6 Å². The first-order valence-corrected chi connectivity index (χ1v) is 24.8. The lowest BCUT2D eigenvalue weighted by Crippen LogP contribution is -2.37. The molecule has 4 heterocycles. The lowest BCUT2D eigenvalue weighted by atomic mass is 10.0. The molecule has 0 aliphatic carbocycles. The van der Waals surface area contributed by atoms with Crippen LogP contribution in [0.4, 0.5) is 5.82 Å². The summed E-state index contributed by atoms with van der Waals surface area (Å²) in [6, 6.07) is 13.5. The monoisotopic (exact) mass is 937 g/mol. The number of anilines is 1. The van der Waals surface area contributed by atoms with Crippen molar-refractivity contribution in [3.63, 3.8) is 0 Å². The number of fused-ring (bicyclic) bond motifs is 1. The van der Waals surface area contributed by atoms with Gasteiger partial charge in [0.25, 0.3) is 6.26 Å². The standard InChI is InChI=1S/C47H65ClN7O9P/c1-4-5-6-7-8-9-10-11-12-13-14-15-16-17-18-21-26-57-31-38(61-37-27-36(28-49)29-52-30-37)32-59-65(56,64-42-23-20-19-22-39(42)48)60-33-43(58-34-50)45-44(62-47(2,3)63-45)40-24-25-41-46(51)53-35-54-55(40)41/h19-20,22-25,27,29-30,35,38,43-45H,4-18,21,26,31-33H2,1-3H3,(H2,51,53,54)/t38-,43-,44+,45-,65?/m1/s1. The van der Waals surface area contributed by atoms with Gasteiger partial charge in [0.2, 0.25) is 0 Å². The Labute approximate surface area is 388 Å². The van der Waals surface area contributed by atoms with Gasteiger partial charge in [0.1, 0.15) is 54.3 Å². The number of rotatable bonds is 32. The molecule has 0 radical (unpaired) electrons. The Kier molecular flexibility index (Phi) is 21.5. The number of hydrogen-bond donors (Lipinski definition) is 1. The Bertz CT molecular complexity index is 2170. The third kappa shape index (κ3) is 17.0. The molecule has 1 aliphatic heterocycles. The summed E-state index contributed by atoms with van der Waals surface area (Å²) in [5.74, 6) is -0.579. The summed E-state index contributed by atoms with van der Waals surface area (Å²) in [5, 5.41) is 23.8. The van der Waals surface area contributed by atoms with Gasteiger partial charge in [0.15, 0.2) is 17.7 Å². The molecule has 0 spiro atoms. The minimum atomic E-state index is -4.61. The maximum absolute atomic E-state index is 14.7. The second-order valence-electron chi connectivity index (χ2n) is 16.7. The average molecular weight is 939 g/mol. The topological polar surface area (TPSA) is 208 Å². The quantitative estimate of drug-likeness (QED) is 0.0274. The van der Waals surface area contributed by atoms with Gasteiger partial charge in [-0.15, -0.1) is 0 Å². The van der Waals surface area contributed by atoms with Crippen LogP contribution in [0.1, 0.15) is 141 Å². The number of hydrogen-bond acceptors (Lipinski definition) is 15. The van der Waals surface area contributed by atoms with Gasteiger partial charge in [-0.1, -0.05) is 127 Å². The fourth-order valence-corrected chi connectivity index (χ4v) is 9.12. The van der Waals surface area contributed by atoms with E-state index in [0.717, 1.165) is 19.3 Å². The molecule has 1 unspecified atom stereocenters. The first kappa shape index (κ1) is 51.5. The fourth-order valence-electron chi connectivity index (χ4n) is 7.63. The molecule has 16 nitrogen and oxygen atoms in total. The summed E-state index contributed by atoms with van der Waals surface area (Å²) in [6.45, 7) is 5.33. The number of nitrogens with two attached hydrogens (primary N) is 1. The molecule has 0 amide bonds. The molecule has 0 bridgehead atoms. The van der Waals surface area contributed by atoms with Gasteiger partial charge in [0, 0.05) is 18.9 Å². The summed E-state index contributed by atoms with van der Waals surface area (Å²) in [4.78, 5) is 8.16. The van der Waals surface area contributed by atoms with E-state index in [2.05, 4.69) is 28.1 Å². The first-order chi connectivity index (χ1) is 31.5. The van der Waals surface area contributed by atoms with Crippen LogP contribution in [0.15, 0.2) is 61.2 Å². The minimum absolute atomic E-state index is 0.0229. The van der Waals surface area contributed by atoms with Crippen LogP contribution in [0.25, 0.3) is 5.52 Å². The Hall–Kier alpha value is -4.51. The predicted molar refractivity (Wildman–Crippen MR) is 246 cm³/mol. The maximum Gasteiger partial charge on any atom is 0.530 e. The van der Waals surface area contributed by atoms with Gasteiger partial charge in [-0.3, -0.25) is 14.0 Å². The van der Waals surface area contributed by atoms with Crippen molar-refractivity contribution in [3.05, 3.63) is 77.5 Å². The second kappa shape index (κ2) is 27.2. The normalized spacial score (nSPS) is 17.5. The lowest BCUT2D eigenvalue weighted by molar-refractivity contribution is -0.157. The van der Waals surface area contributed by atoms with Crippen LogP contribution in [0.2, 0.25) is 5.02 Å². The predicted octanol–water partition coefficient (Wildman–Crippen LogP) is 11.2. The van der Waals surface area contributed by atoms with Crippen molar-refractivity contribution < 1.29 is 41.8 Å². The van der Waals surface area contributed by atoms with Crippen LogP contribution in [0.3, 0.4) is 0 Å².